The third-order valence-electron chi connectivity index (χ3n) is 5.42. The van der Waals surface area contributed by atoms with E-state index in [9.17, 15) is 4.79 Å². The van der Waals surface area contributed by atoms with Crippen molar-refractivity contribution in [1.29, 1.82) is 0 Å². The molecule has 2 aliphatic heterocycles. The largest absolute Gasteiger partial charge is 0.368 e. The van der Waals surface area contributed by atoms with Gasteiger partial charge in [-0.15, -0.1) is 0 Å². The van der Waals surface area contributed by atoms with Crippen LogP contribution in [0.15, 0.2) is 30.3 Å². The Morgan fingerprint density at radius 1 is 1.15 bits per heavy atom. The minimum absolute atomic E-state index is 0.166. The second-order valence-electron chi connectivity index (χ2n) is 7.23. The molecule has 6 nitrogen and oxygen atoms in total. The van der Waals surface area contributed by atoms with Crippen LogP contribution in [0.3, 0.4) is 0 Å². The van der Waals surface area contributed by atoms with E-state index >= 15 is 0 Å². The summed E-state index contributed by atoms with van der Waals surface area (Å²) in [5, 5.41) is 7.53. The van der Waals surface area contributed by atoms with E-state index in [0.717, 1.165) is 69.9 Å². The molecule has 2 aliphatic rings. The number of rotatable bonds is 5. The number of carbonyl (C=O) groups is 1. The van der Waals surface area contributed by atoms with Crippen molar-refractivity contribution in [1.82, 2.24) is 20.1 Å². The van der Waals surface area contributed by atoms with E-state index in [1.54, 1.807) is 0 Å². The van der Waals surface area contributed by atoms with E-state index in [1.807, 2.05) is 11.0 Å². The molecular formula is C20H26N4O2. The number of amides is 1. The molecule has 0 aliphatic carbocycles. The summed E-state index contributed by atoms with van der Waals surface area (Å²) in [4.78, 5) is 19.1. The van der Waals surface area contributed by atoms with Gasteiger partial charge in [-0.05, 0) is 37.7 Å². The maximum absolute atomic E-state index is 12.4. The lowest BCUT2D eigenvalue weighted by molar-refractivity contribution is -0.142. The van der Waals surface area contributed by atoms with Crippen molar-refractivity contribution in [2.75, 3.05) is 19.7 Å². The van der Waals surface area contributed by atoms with Gasteiger partial charge in [0.2, 0.25) is 0 Å². The van der Waals surface area contributed by atoms with E-state index in [1.165, 1.54) is 5.56 Å². The number of ether oxygens (including phenoxy) is 1. The molecule has 4 rings (SSSR count). The van der Waals surface area contributed by atoms with Crippen LogP contribution in [0, 0.1) is 0 Å². The molecule has 0 saturated carbocycles. The lowest BCUT2D eigenvalue weighted by atomic mass is 9.95. The predicted octanol–water partition coefficient (Wildman–Crippen LogP) is 2.47. The molecule has 2 saturated heterocycles. The Kier molecular flexibility index (Phi) is 5.29. The fourth-order valence-electron chi connectivity index (χ4n) is 3.85. The van der Waals surface area contributed by atoms with Gasteiger partial charge < -0.3 is 9.64 Å². The molecule has 26 heavy (non-hydrogen) atoms. The number of nitrogens with one attached hydrogen (secondary N) is 1. The number of aromatic nitrogens is 3. The Bertz CT molecular complexity index is 716. The zero-order valence-electron chi connectivity index (χ0n) is 15.1. The highest BCUT2D eigenvalue weighted by Crippen LogP contribution is 2.27. The minimum Gasteiger partial charge on any atom is -0.368 e. The van der Waals surface area contributed by atoms with E-state index in [-0.39, 0.29) is 12.0 Å². The molecule has 0 bridgehead atoms. The SMILES string of the molecule is O=C(C1CCCO1)N1CCC(c2n[nH]c(CCc3ccccc3)n2)CC1. The monoisotopic (exact) mass is 354 g/mol. The van der Waals surface area contributed by atoms with Crippen molar-refractivity contribution >= 4 is 5.91 Å². The molecule has 1 aromatic heterocycles. The smallest absolute Gasteiger partial charge is 0.251 e. The Morgan fingerprint density at radius 3 is 2.69 bits per heavy atom. The van der Waals surface area contributed by atoms with Gasteiger partial charge >= 0.3 is 0 Å². The van der Waals surface area contributed by atoms with E-state index in [2.05, 4.69) is 34.5 Å². The van der Waals surface area contributed by atoms with Crippen molar-refractivity contribution in [3.8, 4) is 0 Å². The molecule has 2 fully saturated rings. The Labute approximate surface area is 154 Å². The Morgan fingerprint density at radius 2 is 1.96 bits per heavy atom. The summed E-state index contributed by atoms with van der Waals surface area (Å²) in [6.07, 6.45) is 5.33. The Hall–Kier alpha value is -2.21. The summed E-state index contributed by atoms with van der Waals surface area (Å²) in [5.41, 5.74) is 1.31. The fourth-order valence-corrected chi connectivity index (χ4v) is 3.85. The highest BCUT2D eigenvalue weighted by atomic mass is 16.5. The molecule has 0 spiro atoms. The highest BCUT2D eigenvalue weighted by Gasteiger charge is 2.32. The molecule has 1 aromatic carbocycles. The predicted molar refractivity (Wildman–Crippen MR) is 97.8 cm³/mol. The van der Waals surface area contributed by atoms with E-state index < -0.39 is 0 Å². The summed E-state index contributed by atoms with van der Waals surface area (Å²) in [6, 6.07) is 10.4. The van der Waals surface area contributed by atoms with Crippen LogP contribution >= 0.6 is 0 Å². The average Bonchev–Trinajstić information content (AvgIpc) is 3.39. The number of carbonyl (C=O) groups excluding carboxylic acids is 1. The number of H-pyrrole nitrogens is 1. The minimum atomic E-state index is -0.209. The van der Waals surface area contributed by atoms with Crippen LogP contribution in [0.2, 0.25) is 0 Å². The zero-order chi connectivity index (χ0) is 17.8. The summed E-state index contributed by atoms with van der Waals surface area (Å²) in [6.45, 7) is 2.27. The topological polar surface area (TPSA) is 71.1 Å². The number of hydrogen-bond donors (Lipinski definition) is 1. The Balaban J connectivity index is 1.28. The van der Waals surface area contributed by atoms with Crippen LogP contribution in [0.25, 0.3) is 0 Å². The molecule has 3 heterocycles. The lowest BCUT2D eigenvalue weighted by Crippen LogP contribution is -2.43. The maximum Gasteiger partial charge on any atom is 0.251 e. The first-order valence-electron chi connectivity index (χ1n) is 9.65. The second-order valence-corrected chi connectivity index (χ2v) is 7.23. The molecule has 1 N–H and O–H groups in total. The number of benzene rings is 1. The first-order valence-corrected chi connectivity index (χ1v) is 9.65. The van der Waals surface area contributed by atoms with Crippen LogP contribution in [-0.2, 0) is 22.4 Å². The van der Waals surface area contributed by atoms with E-state index in [0.29, 0.717) is 5.92 Å². The molecule has 2 aromatic rings. The molecule has 1 amide bonds. The number of aryl methyl sites for hydroxylation is 2. The van der Waals surface area contributed by atoms with Crippen molar-refractivity contribution in [2.24, 2.45) is 0 Å². The van der Waals surface area contributed by atoms with Crippen LogP contribution in [0.1, 0.15) is 48.8 Å². The van der Waals surface area contributed by atoms with Crippen LogP contribution in [-0.4, -0.2) is 51.8 Å². The van der Waals surface area contributed by atoms with Gasteiger partial charge in [-0.3, -0.25) is 9.89 Å². The molecule has 6 heteroatoms. The lowest BCUT2D eigenvalue weighted by Gasteiger charge is -2.32. The molecule has 1 atom stereocenters. The first-order chi connectivity index (χ1) is 12.8. The van der Waals surface area contributed by atoms with Crippen LogP contribution in [0.5, 0.6) is 0 Å². The quantitative estimate of drug-likeness (QED) is 0.895. The summed E-state index contributed by atoms with van der Waals surface area (Å²) < 4.78 is 5.53. The highest BCUT2D eigenvalue weighted by molar-refractivity contribution is 5.81. The van der Waals surface area contributed by atoms with Gasteiger partial charge in [-0.25, -0.2) is 4.98 Å². The number of piperidine rings is 1. The van der Waals surface area contributed by atoms with Crippen molar-refractivity contribution < 1.29 is 9.53 Å². The maximum atomic E-state index is 12.4. The van der Waals surface area contributed by atoms with Gasteiger partial charge in [0.05, 0.1) is 0 Å². The molecule has 1 unspecified atom stereocenters. The molecule has 138 valence electrons. The second kappa shape index (κ2) is 7.99. The standard InChI is InChI=1S/C20H26N4O2/c25-20(17-7-4-14-26-17)24-12-10-16(11-13-24)19-21-18(22-23-19)9-8-15-5-2-1-3-6-15/h1-3,5-6,16-17H,4,7-14H2,(H,21,22,23). The zero-order valence-corrected chi connectivity index (χ0v) is 15.1. The van der Waals surface area contributed by atoms with Crippen LogP contribution in [0.4, 0.5) is 0 Å². The van der Waals surface area contributed by atoms with Gasteiger partial charge in [0, 0.05) is 32.0 Å². The van der Waals surface area contributed by atoms with Gasteiger partial charge in [-0.1, -0.05) is 30.3 Å². The van der Waals surface area contributed by atoms with Gasteiger partial charge in [0.25, 0.3) is 5.91 Å². The average molecular weight is 354 g/mol. The molecular weight excluding hydrogens is 328 g/mol. The fraction of sp³-hybridized carbons (Fsp3) is 0.550. The first kappa shape index (κ1) is 17.2. The van der Waals surface area contributed by atoms with E-state index in [4.69, 9.17) is 9.72 Å². The van der Waals surface area contributed by atoms with Crippen LogP contribution < -0.4 is 0 Å². The van der Waals surface area contributed by atoms with Gasteiger partial charge in [-0.2, -0.15) is 5.10 Å². The number of likely N-dealkylation sites (tertiary alicyclic amines) is 1. The van der Waals surface area contributed by atoms with Gasteiger partial charge in [0.15, 0.2) is 5.82 Å². The van der Waals surface area contributed by atoms with Crippen molar-refractivity contribution in [3.05, 3.63) is 47.5 Å². The normalized spacial score (nSPS) is 21.2. The number of aromatic amines is 1. The number of hydrogen-bond acceptors (Lipinski definition) is 4. The van der Waals surface area contributed by atoms with Crippen molar-refractivity contribution in [2.45, 2.75) is 50.5 Å². The number of nitrogens with zero attached hydrogens (tertiary/aromatic N) is 3. The third kappa shape index (κ3) is 3.96. The summed E-state index contributed by atoms with van der Waals surface area (Å²) in [7, 11) is 0. The van der Waals surface area contributed by atoms with Gasteiger partial charge in [0.1, 0.15) is 11.9 Å². The third-order valence-corrected chi connectivity index (χ3v) is 5.42. The van der Waals surface area contributed by atoms with Crippen molar-refractivity contribution in [3.63, 3.8) is 0 Å². The molecule has 0 radical (unpaired) electrons. The summed E-state index contributed by atoms with van der Waals surface area (Å²) >= 11 is 0. The summed E-state index contributed by atoms with van der Waals surface area (Å²) in [5.74, 6) is 2.35.